The van der Waals surface area contributed by atoms with Gasteiger partial charge in [-0.05, 0) is 12.2 Å². The normalized spacial score (nSPS) is 15.2. The molecule has 0 saturated carbocycles. The van der Waals surface area contributed by atoms with E-state index < -0.39 is 44.2 Å². The van der Waals surface area contributed by atoms with Crippen molar-refractivity contribution in [3.63, 3.8) is 0 Å². The third-order valence-electron chi connectivity index (χ3n) is 2.26. The predicted octanol–water partition coefficient (Wildman–Crippen LogP) is 1.25. The minimum atomic E-state index is -5.94. The maximum absolute atomic E-state index is 12.2. The quantitative estimate of drug-likeness (QED) is 0.603. The number of nitrogens with zero attached hydrogens (tertiary/aromatic N) is 1. The molecule has 0 atom stereocenters. The van der Waals surface area contributed by atoms with Gasteiger partial charge in [-0.15, -0.1) is 0 Å². The molecule has 0 fully saturated rings. The van der Waals surface area contributed by atoms with Crippen LogP contribution in [-0.4, -0.2) is 30.5 Å². The Labute approximate surface area is 110 Å². The molecule has 20 heavy (non-hydrogen) atoms. The lowest BCUT2D eigenvalue weighted by Crippen LogP contribution is -2.29. The van der Waals surface area contributed by atoms with Gasteiger partial charge in [-0.1, -0.05) is 0 Å². The highest BCUT2D eigenvalue weighted by Gasteiger charge is 2.49. The molecule has 6 nitrogen and oxygen atoms in total. The second kappa shape index (κ2) is 4.40. The van der Waals surface area contributed by atoms with Crippen LogP contribution < -0.4 is 4.18 Å². The lowest BCUT2D eigenvalue weighted by molar-refractivity contribution is -0.0500. The Hall–Kier alpha value is -2.23. The predicted molar refractivity (Wildman–Crippen MR) is 57.6 cm³/mol. The molecule has 0 unspecified atom stereocenters. The van der Waals surface area contributed by atoms with Crippen LogP contribution >= 0.6 is 0 Å². The van der Waals surface area contributed by atoms with Crippen LogP contribution in [0, 0.1) is 0 Å². The number of halogens is 3. The Bertz CT molecular complexity index is 736. The zero-order chi connectivity index (χ0) is 15.1. The molecule has 1 aliphatic carbocycles. The number of alkyl halides is 3. The van der Waals surface area contributed by atoms with Crippen molar-refractivity contribution in [3.8, 4) is 5.75 Å². The van der Waals surface area contributed by atoms with E-state index in [1.165, 1.54) is 0 Å². The van der Waals surface area contributed by atoms with Gasteiger partial charge in [0.1, 0.15) is 5.69 Å². The lowest BCUT2D eigenvalue weighted by Gasteiger charge is -2.14. The zero-order valence-corrected chi connectivity index (χ0v) is 10.2. The van der Waals surface area contributed by atoms with Gasteiger partial charge in [0, 0.05) is 12.3 Å². The van der Waals surface area contributed by atoms with Crippen LogP contribution in [0.1, 0.15) is 20.8 Å². The molecule has 1 aromatic heterocycles. The van der Waals surface area contributed by atoms with E-state index in [2.05, 4.69) is 9.17 Å². The average Bonchev–Trinajstić information content (AvgIpc) is 2.32. The molecule has 0 radical (unpaired) electrons. The summed E-state index contributed by atoms with van der Waals surface area (Å²) in [5, 5.41) is 0. The first-order valence-corrected chi connectivity index (χ1v) is 6.31. The van der Waals surface area contributed by atoms with Crippen LogP contribution in [0.4, 0.5) is 13.2 Å². The Morgan fingerprint density at radius 1 is 1.10 bits per heavy atom. The van der Waals surface area contributed by atoms with E-state index in [0.717, 1.165) is 24.4 Å². The number of pyridine rings is 1. The summed E-state index contributed by atoms with van der Waals surface area (Å²) in [7, 11) is -5.94. The first-order valence-electron chi connectivity index (χ1n) is 4.90. The first-order chi connectivity index (χ1) is 9.13. The monoisotopic (exact) mass is 307 g/mol. The average molecular weight is 307 g/mol. The minimum absolute atomic E-state index is 0.465. The molecule has 0 aromatic carbocycles. The number of fused-ring (bicyclic) bond motifs is 1. The Morgan fingerprint density at radius 3 is 2.30 bits per heavy atom. The summed E-state index contributed by atoms with van der Waals surface area (Å²) in [6, 6.07) is 0.756. The minimum Gasteiger partial charge on any atom is -0.375 e. The SMILES string of the molecule is O=C1C=CC(=O)c2c(OS(=O)(=O)C(F)(F)F)ccnc21. The van der Waals surface area contributed by atoms with Crippen LogP contribution in [-0.2, 0) is 10.1 Å². The summed E-state index contributed by atoms with van der Waals surface area (Å²) in [5.74, 6) is -2.51. The Balaban J connectivity index is 2.55. The number of rotatable bonds is 2. The summed E-state index contributed by atoms with van der Waals surface area (Å²) in [6.07, 6.45) is 2.53. The molecule has 0 aliphatic heterocycles. The fourth-order valence-electron chi connectivity index (χ4n) is 1.42. The van der Waals surface area contributed by atoms with Gasteiger partial charge in [-0.3, -0.25) is 14.6 Å². The van der Waals surface area contributed by atoms with Gasteiger partial charge in [0.2, 0.25) is 5.78 Å². The number of carbonyl (C=O) groups excluding carboxylic acids is 2. The first kappa shape index (κ1) is 14.2. The molecule has 0 saturated heterocycles. The van der Waals surface area contributed by atoms with Crippen molar-refractivity contribution >= 4 is 21.7 Å². The van der Waals surface area contributed by atoms with Gasteiger partial charge >= 0.3 is 15.6 Å². The molecule has 1 heterocycles. The van der Waals surface area contributed by atoms with Crippen molar-refractivity contribution in [2.24, 2.45) is 0 Å². The third kappa shape index (κ3) is 2.29. The standard InChI is InChI=1S/C10H4F3NO5S/c11-10(12,13)20(17,18)19-7-3-4-14-9-6(16)2-1-5(15)8(7)9/h1-4H. The van der Waals surface area contributed by atoms with Crippen LogP contribution in [0.5, 0.6) is 5.75 Å². The molecule has 2 rings (SSSR count). The Kier molecular flexibility index (Phi) is 3.12. The van der Waals surface area contributed by atoms with Crippen LogP contribution in [0.2, 0.25) is 0 Å². The van der Waals surface area contributed by atoms with Crippen LogP contribution in [0.3, 0.4) is 0 Å². The van der Waals surface area contributed by atoms with Gasteiger partial charge in [-0.25, -0.2) is 0 Å². The summed E-state index contributed by atoms with van der Waals surface area (Å²) in [6.45, 7) is 0. The number of aromatic nitrogens is 1. The molecule has 0 amide bonds. The molecular formula is C10H4F3NO5S. The van der Waals surface area contributed by atoms with E-state index in [9.17, 15) is 31.2 Å². The maximum atomic E-state index is 12.2. The number of hydrogen-bond donors (Lipinski definition) is 0. The third-order valence-corrected chi connectivity index (χ3v) is 3.23. The topological polar surface area (TPSA) is 90.4 Å². The van der Waals surface area contributed by atoms with E-state index in [1.807, 2.05) is 0 Å². The summed E-state index contributed by atoms with van der Waals surface area (Å²) in [5.41, 5.74) is -6.74. The van der Waals surface area contributed by atoms with E-state index in [0.29, 0.717) is 0 Å². The largest absolute Gasteiger partial charge is 0.534 e. The molecule has 1 aromatic rings. The van der Waals surface area contributed by atoms with Gasteiger partial charge < -0.3 is 4.18 Å². The molecule has 10 heteroatoms. The maximum Gasteiger partial charge on any atom is 0.534 e. The van der Waals surface area contributed by atoms with Crippen molar-refractivity contribution in [3.05, 3.63) is 35.7 Å². The molecule has 0 bridgehead atoms. The van der Waals surface area contributed by atoms with Gasteiger partial charge in [-0.2, -0.15) is 21.6 Å². The second-order valence-electron chi connectivity index (χ2n) is 3.58. The van der Waals surface area contributed by atoms with Gasteiger partial charge in [0.15, 0.2) is 11.5 Å². The van der Waals surface area contributed by atoms with Crippen molar-refractivity contribution in [2.75, 3.05) is 0 Å². The second-order valence-corrected chi connectivity index (χ2v) is 5.12. The molecule has 1 aliphatic rings. The summed E-state index contributed by atoms with van der Waals surface area (Å²) >= 11 is 0. The van der Waals surface area contributed by atoms with E-state index in [-0.39, 0.29) is 0 Å². The molecular weight excluding hydrogens is 303 g/mol. The van der Waals surface area contributed by atoms with Crippen LogP contribution in [0.25, 0.3) is 0 Å². The highest BCUT2D eigenvalue weighted by atomic mass is 32.2. The molecule has 0 spiro atoms. The van der Waals surface area contributed by atoms with E-state index in [4.69, 9.17) is 0 Å². The number of allylic oxidation sites excluding steroid dienone is 2. The summed E-state index contributed by atoms with van der Waals surface area (Å²) < 4.78 is 62.4. The number of ketones is 2. The summed E-state index contributed by atoms with van der Waals surface area (Å²) in [4.78, 5) is 26.5. The van der Waals surface area contributed by atoms with Gasteiger partial charge in [0.25, 0.3) is 0 Å². The van der Waals surface area contributed by atoms with Crippen molar-refractivity contribution < 1.29 is 35.4 Å². The number of carbonyl (C=O) groups is 2. The van der Waals surface area contributed by atoms with Crippen molar-refractivity contribution in [1.29, 1.82) is 0 Å². The fourth-order valence-corrected chi connectivity index (χ4v) is 1.89. The van der Waals surface area contributed by atoms with Crippen LogP contribution in [0.15, 0.2) is 24.4 Å². The highest BCUT2D eigenvalue weighted by molar-refractivity contribution is 7.88. The molecule has 0 N–H and O–H groups in total. The van der Waals surface area contributed by atoms with Crippen molar-refractivity contribution in [1.82, 2.24) is 4.98 Å². The lowest BCUT2D eigenvalue weighted by atomic mass is 9.99. The van der Waals surface area contributed by atoms with E-state index in [1.54, 1.807) is 0 Å². The van der Waals surface area contributed by atoms with Gasteiger partial charge in [0.05, 0.1) is 5.56 Å². The number of hydrogen-bond acceptors (Lipinski definition) is 6. The fraction of sp³-hybridized carbons (Fsp3) is 0.100. The van der Waals surface area contributed by atoms with E-state index >= 15 is 0 Å². The smallest absolute Gasteiger partial charge is 0.375 e. The zero-order valence-electron chi connectivity index (χ0n) is 9.34. The Morgan fingerprint density at radius 2 is 1.70 bits per heavy atom. The highest BCUT2D eigenvalue weighted by Crippen LogP contribution is 2.31. The van der Waals surface area contributed by atoms with Crippen molar-refractivity contribution in [2.45, 2.75) is 5.51 Å². The molecule has 106 valence electrons.